The molecule has 1 unspecified atom stereocenters. The molecule has 4 heteroatoms. The van der Waals surface area contributed by atoms with E-state index in [4.69, 9.17) is 10.6 Å². The number of esters is 1. The number of ether oxygens (including phenoxy) is 1. The van der Waals surface area contributed by atoms with Gasteiger partial charge in [0.05, 0.1) is 0 Å². The molecule has 0 saturated heterocycles. The van der Waals surface area contributed by atoms with Crippen LogP contribution >= 0.6 is 0 Å². The largest absolute Gasteiger partial charge is 0.459 e. The van der Waals surface area contributed by atoms with Gasteiger partial charge >= 0.3 is 5.97 Å². The van der Waals surface area contributed by atoms with Crippen molar-refractivity contribution in [3.8, 4) is 0 Å². The van der Waals surface area contributed by atoms with E-state index in [0.717, 1.165) is 11.1 Å². The Kier molecular flexibility index (Phi) is 4.66. The standard InChI is InChI=1S/C15H16N2O2/c16-17-14(13-9-5-2-6-10-13)15(18)19-11-12-7-3-1-4-8-12/h1-10,14,17H,11,16H2. The van der Waals surface area contributed by atoms with Gasteiger partial charge in [0.1, 0.15) is 12.6 Å². The third kappa shape index (κ3) is 3.64. The maximum atomic E-state index is 12.0. The summed E-state index contributed by atoms with van der Waals surface area (Å²) in [5.41, 5.74) is 4.20. The van der Waals surface area contributed by atoms with Gasteiger partial charge in [-0.05, 0) is 11.1 Å². The quantitative estimate of drug-likeness (QED) is 0.487. The topological polar surface area (TPSA) is 64.3 Å². The lowest BCUT2D eigenvalue weighted by Crippen LogP contribution is -2.35. The number of carbonyl (C=O) groups is 1. The van der Waals surface area contributed by atoms with Crippen molar-refractivity contribution in [2.45, 2.75) is 12.6 Å². The van der Waals surface area contributed by atoms with Crippen molar-refractivity contribution in [3.05, 3.63) is 71.8 Å². The van der Waals surface area contributed by atoms with Crippen LogP contribution in [0.15, 0.2) is 60.7 Å². The van der Waals surface area contributed by atoms with Crippen LogP contribution in [0.1, 0.15) is 17.2 Å². The van der Waals surface area contributed by atoms with Crippen molar-refractivity contribution in [1.82, 2.24) is 5.43 Å². The number of benzene rings is 2. The summed E-state index contributed by atoms with van der Waals surface area (Å²) >= 11 is 0. The van der Waals surface area contributed by atoms with E-state index < -0.39 is 12.0 Å². The highest BCUT2D eigenvalue weighted by atomic mass is 16.5. The molecule has 98 valence electrons. The molecule has 0 heterocycles. The monoisotopic (exact) mass is 256 g/mol. The zero-order valence-electron chi connectivity index (χ0n) is 10.5. The van der Waals surface area contributed by atoms with Crippen molar-refractivity contribution in [2.24, 2.45) is 5.84 Å². The van der Waals surface area contributed by atoms with Gasteiger partial charge in [0.2, 0.25) is 0 Å². The van der Waals surface area contributed by atoms with Crippen LogP contribution in [0, 0.1) is 0 Å². The first-order valence-corrected chi connectivity index (χ1v) is 6.03. The van der Waals surface area contributed by atoms with Gasteiger partial charge in [-0.25, -0.2) is 10.2 Å². The number of hydrazine groups is 1. The maximum absolute atomic E-state index is 12.0. The molecule has 0 bridgehead atoms. The second kappa shape index (κ2) is 6.68. The summed E-state index contributed by atoms with van der Waals surface area (Å²) in [6.45, 7) is 0.241. The fourth-order valence-electron chi connectivity index (χ4n) is 1.76. The lowest BCUT2D eigenvalue weighted by atomic mass is 10.1. The first-order chi connectivity index (χ1) is 9.31. The molecular formula is C15H16N2O2. The van der Waals surface area contributed by atoms with Crippen molar-refractivity contribution in [1.29, 1.82) is 0 Å². The summed E-state index contributed by atoms with van der Waals surface area (Å²) in [4.78, 5) is 12.0. The molecule has 0 fully saturated rings. The van der Waals surface area contributed by atoms with Crippen LogP contribution in [0.4, 0.5) is 0 Å². The SMILES string of the molecule is NNC(C(=O)OCc1ccccc1)c1ccccc1. The Bertz CT molecular complexity index is 514. The van der Waals surface area contributed by atoms with Crippen LogP contribution in [-0.2, 0) is 16.1 Å². The normalized spacial score (nSPS) is 11.8. The minimum Gasteiger partial charge on any atom is -0.459 e. The van der Waals surface area contributed by atoms with Crippen molar-refractivity contribution in [2.75, 3.05) is 0 Å². The first kappa shape index (κ1) is 13.3. The summed E-state index contributed by atoms with van der Waals surface area (Å²) < 4.78 is 5.25. The Morgan fingerprint density at radius 3 is 2.21 bits per heavy atom. The Morgan fingerprint density at radius 2 is 1.63 bits per heavy atom. The lowest BCUT2D eigenvalue weighted by molar-refractivity contribution is -0.147. The average molecular weight is 256 g/mol. The minimum atomic E-state index is -0.648. The number of carbonyl (C=O) groups excluding carboxylic acids is 1. The number of nitrogens with two attached hydrogens (primary N) is 1. The van der Waals surface area contributed by atoms with Crippen LogP contribution in [0.25, 0.3) is 0 Å². The highest BCUT2D eigenvalue weighted by Crippen LogP contribution is 2.14. The van der Waals surface area contributed by atoms with E-state index in [2.05, 4.69) is 5.43 Å². The second-order valence-electron chi connectivity index (χ2n) is 4.10. The summed E-state index contributed by atoms with van der Waals surface area (Å²) in [6, 6.07) is 18.1. The summed E-state index contributed by atoms with van der Waals surface area (Å²) in [6.07, 6.45) is 0. The average Bonchev–Trinajstić information content (AvgIpc) is 2.48. The maximum Gasteiger partial charge on any atom is 0.329 e. The van der Waals surface area contributed by atoms with Gasteiger partial charge < -0.3 is 4.74 Å². The third-order valence-electron chi connectivity index (χ3n) is 2.76. The molecule has 0 amide bonds. The van der Waals surface area contributed by atoms with Gasteiger partial charge in [0.15, 0.2) is 0 Å². The number of nitrogens with one attached hydrogen (secondary N) is 1. The van der Waals surface area contributed by atoms with Gasteiger partial charge in [-0.15, -0.1) is 0 Å². The predicted molar refractivity (Wildman–Crippen MR) is 72.7 cm³/mol. The molecule has 0 radical (unpaired) electrons. The molecule has 19 heavy (non-hydrogen) atoms. The zero-order chi connectivity index (χ0) is 13.5. The van der Waals surface area contributed by atoms with E-state index in [9.17, 15) is 4.79 Å². The first-order valence-electron chi connectivity index (χ1n) is 6.03. The summed E-state index contributed by atoms with van der Waals surface area (Å²) in [5, 5.41) is 0. The van der Waals surface area contributed by atoms with Crippen molar-refractivity contribution < 1.29 is 9.53 Å². The molecule has 0 saturated carbocycles. The Morgan fingerprint density at radius 1 is 1.05 bits per heavy atom. The van der Waals surface area contributed by atoms with E-state index in [-0.39, 0.29) is 6.61 Å². The molecule has 0 aromatic heterocycles. The number of hydrogen-bond donors (Lipinski definition) is 2. The Hall–Kier alpha value is -2.17. The molecule has 0 aliphatic carbocycles. The molecule has 2 rings (SSSR count). The lowest BCUT2D eigenvalue weighted by Gasteiger charge is -2.15. The molecule has 2 aromatic rings. The highest BCUT2D eigenvalue weighted by Gasteiger charge is 2.20. The molecule has 0 aliphatic heterocycles. The number of hydrogen-bond acceptors (Lipinski definition) is 4. The Labute approximate surface area is 112 Å². The van der Waals surface area contributed by atoms with E-state index in [0.29, 0.717) is 0 Å². The molecule has 4 nitrogen and oxygen atoms in total. The van der Waals surface area contributed by atoms with Gasteiger partial charge in [-0.1, -0.05) is 60.7 Å². The fraction of sp³-hybridized carbons (Fsp3) is 0.133. The molecule has 1 atom stereocenters. The van der Waals surface area contributed by atoms with Crippen LogP contribution in [0.5, 0.6) is 0 Å². The van der Waals surface area contributed by atoms with Crippen molar-refractivity contribution >= 4 is 5.97 Å². The van der Waals surface area contributed by atoms with Gasteiger partial charge in [-0.3, -0.25) is 5.84 Å². The summed E-state index contributed by atoms with van der Waals surface area (Å²) in [7, 11) is 0. The van der Waals surface area contributed by atoms with E-state index in [1.807, 2.05) is 60.7 Å². The van der Waals surface area contributed by atoms with Gasteiger partial charge in [0.25, 0.3) is 0 Å². The van der Waals surface area contributed by atoms with E-state index >= 15 is 0 Å². The number of rotatable bonds is 5. The minimum absolute atomic E-state index is 0.241. The Balaban J connectivity index is 1.98. The van der Waals surface area contributed by atoms with Gasteiger partial charge in [-0.2, -0.15) is 0 Å². The van der Waals surface area contributed by atoms with Crippen LogP contribution in [0.2, 0.25) is 0 Å². The predicted octanol–water partition coefficient (Wildman–Crippen LogP) is 1.93. The van der Waals surface area contributed by atoms with Gasteiger partial charge in [0, 0.05) is 0 Å². The molecule has 2 aromatic carbocycles. The highest BCUT2D eigenvalue weighted by molar-refractivity contribution is 5.77. The zero-order valence-corrected chi connectivity index (χ0v) is 10.5. The van der Waals surface area contributed by atoms with Crippen LogP contribution in [0.3, 0.4) is 0 Å². The molecule has 0 aliphatic rings. The van der Waals surface area contributed by atoms with Crippen LogP contribution < -0.4 is 11.3 Å². The molecule has 3 N–H and O–H groups in total. The smallest absolute Gasteiger partial charge is 0.329 e. The van der Waals surface area contributed by atoms with E-state index in [1.54, 1.807) is 0 Å². The van der Waals surface area contributed by atoms with Crippen LogP contribution in [-0.4, -0.2) is 5.97 Å². The third-order valence-corrected chi connectivity index (χ3v) is 2.76. The fourth-order valence-corrected chi connectivity index (χ4v) is 1.76. The van der Waals surface area contributed by atoms with E-state index in [1.165, 1.54) is 0 Å². The molecular weight excluding hydrogens is 240 g/mol. The summed E-state index contributed by atoms with van der Waals surface area (Å²) in [5.74, 6) is 5.03. The molecule has 0 spiro atoms. The van der Waals surface area contributed by atoms with Crippen molar-refractivity contribution in [3.63, 3.8) is 0 Å². The second-order valence-corrected chi connectivity index (χ2v) is 4.10.